The number of aryl methyl sites for hydroxylation is 1. The molecule has 4 heteroatoms. The van der Waals surface area contributed by atoms with Crippen LogP contribution in [0.1, 0.15) is 101 Å². The monoisotopic (exact) mass is 466 g/mol. The fourth-order valence-corrected chi connectivity index (χ4v) is 6.04. The molecule has 1 N–H and O–H groups in total. The lowest BCUT2D eigenvalue weighted by Crippen LogP contribution is -2.76. The topological polar surface area (TPSA) is 42.0 Å². The van der Waals surface area contributed by atoms with Gasteiger partial charge >= 0.3 is 0 Å². The molecular weight excluding hydrogens is 424 g/mol. The van der Waals surface area contributed by atoms with Crippen LogP contribution in [0.4, 0.5) is 0 Å². The minimum absolute atomic E-state index is 0.0800. The van der Waals surface area contributed by atoms with Crippen LogP contribution < -0.4 is 5.32 Å². The number of nitrogens with zero attached hydrogens (tertiary/aromatic N) is 1. The molecule has 33 heavy (non-hydrogen) atoms. The molecule has 0 saturated heterocycles. The molecule has 2 bridgehead atoms. The third-order valence-electron chi connectivity index (χ3n) is 6.74. The van der Waals surface area contributed by atoms with Crippen molar-refractivity contribution in [2.75, 3.05) is 0 Å². The Morgan fingerprint density at radius 1 is 0.939 bits per heavy atom. The highest BCUT2D eigenvalue weighted by molar-refractivity contribution is 7.09. The Hall–Kier alpha value is -1.94. The number of unbranched alkanes of at least 4 members (excludes halogenated alkanes) is 4. The minimum atomic E-state index is 0.0800. The smallest absolute Gasteiger partial charge is 0.220 e. The number of rotatable bonds is 16. The lowest BCUT2D eigenvalue weighted by Gasteiger charge is -2.69. The van der Waals surface area contributed by atoms with Crippen LogP contribution in [0.5, 0.6) is 0 Å². The Morgan fingerprint density at radius 2 is 1.52 bits per heavy atom. The predicted molar refractivity (Wildman–Crippen MR) is 142 cm³/mol. The zero-order valence-electron chi connectivity index (χ0n) is 20.7. The molecule has 3 fully saturated rings. The summed E-state index contributed by atoms with van der Waals surface area (Å²) in [5.74, 6) is 0.217. The first-order chi connectivity index (χ1) is 16.1. The summed E-state index contributed by atoms with van der Waals surface area (Å²) in [5.41, 5.74) is 1.48. The van der Waals surface area contributed by atoms with E-state index in [-0.39, 0.29) is 16.9 Å². The highest BCUT2D eigenvalue weighted by Crippen LogP contribution is 2.68. The number of allylic oxidation sites excluding steroid dienone is 8. The standard InChI is InChI=1S/C29H42N2OS/c1-3-4-5-6-7-8-9-10-11-12-13-14-15-16-17-18-19-20-26(32)31-29-22-28(23-29,24-29)27-30-25(2)21-33-27/h7-8,10-11,13-14,16-17,21H,3-6,9,12,15,18-20,22-24H2,1-2H3,(H,31,32)/b8-7-,11-10-,14-13-,17-16-. The number of thiazole rings is 1. The summed E-state index contributed by atoms with van der Waals surface area (Å²) >= 11 is 1.78. The highest BCUT2D eigenvalue weighted by atomic mass is 32.1. The van der Waals surface area contributed by atoms with Crippen LogP contribution in [0.3, 0.4) is 0 Å². The largest absolute Gasteiger partial charge is 0.351 e. The van der Waals surface area contributed by atoms with E-state index in [1.807, 2.05) is 0 Å². The van der Waals surface area contributed by atoms with Gasteiger partial charge in [-0.2, -0.15) is 0 Å². The van der Waals surface area contributed by atoms with Gasteiger partial charge in [0.15, 0.2) is 0 Å². The maximum atomic E-state index is 12.3. The normalized spacial score (nSPS) is 24.2. The van der Waals surface area contributed by atoms with Gasteiger partial charge < -0.3 is 5.32 Å². The zero-order valence-corrected chi connectivity index (χ0v) is 21.5. The van der Waals surface area contributed by atoms with Crippen molar-refractivity contribution in [3.8, 4) is 0 Å². The van der Waals surface area contributed by atoms with Crippen molar-refractivity contribution in [2.24, 2.45) is 0 Å². The van der Waals surface area contributed by atoms with Gasteiger partial charge in [0.05, 0.1) is 5.01 Å². The van der Waals surface area contributed by atoms with Crippen LogP contribution >= 0.6 is 11.3 Å². The molecule has 0 spiro atoms. The molecule has 0 aliphatic heterocycles. The highest BCUT2D eigenvalue weighted by Gasteiger charge is 2.70. The van der Waals surface area contributed by atoms with E-state index in [1.54, 1.807) is 11.3 Å². The van der Waals surface area contributed by atoms with E-state index in [4.69, 9.17) is 0 Å². The van der Waals surface area contributed by atoms with Gasteiger partial charge in [-0.05, 0) is 71.1 Å². The summed E-state index contributed by atoms with van der Waals surface area (Å²) in [6.45, 7) is 4.30. The van der Waals surface area contributed by atoms with Gasteiger partial charge in [-0.25, -0.2) is 4.98 Å². The number of carbonyl (C=O) groups is 1. The van der Waals surface area contributed by atoms with E-state index >= 15 is 0 Å². The predicted octanol–water partition coefficient (Wildman–Crippen LogP) is 7.89. The van der Waals surface area contributed by atoms with Gasteiger partial charge in [0.1, 0.15) is 0 Å². The van der Waals surface area contributed by atoms with Crippen molar-refractivity contribution in [2.45, 2.75) is 108 Å². The summed E-state index contributed by atoms with van der Waals surface area (Å²) in [4.78, 5) is 17.0. The van der Waals surface area contributed by atoms with Gasteiger partial charge in [-0.1, -0.05) is 68.4 Å². The van der Waals surface area contributed by atoms with Gasteiger partial charge in [0.2, 0.25) is 5.91 Å². The van der Waals surface area contributed by atoms with Gasteiger partial charge in [0, 0.05) is 28.4 Å². The van der Waals surface area contributed by atoms with Crippen LogP contribution in [-0.2, 0) is 10.2 Å². The SMILES string of the molecule is CCCCC/C=C\C/C=C\C/C=C\C/C=C\CCCC(=O)NC12CC(c3nc(C)cs3)(C1)C2. The average Bonchev–Trinajstić information content (AvgIpc) is 3.17. The molecule has 180 valence electrons. The van der Waals surface area contributed by atoms with Crippen LogP contribution in [-0.4, -0.2) is 16.4 Å². The summed E-state index contributed by atoms with van der Waals surface area (Å²) in [5, 5.41) is 6.72. The molecule has 3 saturated carbocycles. The van der Waals surface area contributed by atoms with E-state index in [1.165, 1.54) is 30.7 Å². The number of amides is 1. The van der Waals surface area contributed by atoms with Crippen LogP contribution in [0, 0.1) is 6.92 Å². The molecule has 1 aromatic heterocycles. The number of carbonyl (C=O) groups excluding carboxylic acids is 1. The summed E-state index contributed by atoms with van der Waals surface area (Å²) in [7, 11) is 0. The third kappa shape index (κ3) is 7.81. The van der Waals surface area contributed by atoms with Gasteiger partial charge in [0.25, 0.3) is 0 Å². The van der Waals surface area contributed by atoms with Crippen LogP contribution in [0.15, 0.2) is 54.0 Å². The number of aromatic nitrogens is 1. The molecule has 3 aliphatic carbocycles. The Kier molecular flexibility index (Phi) is 10.2. The molecule has 1 amide bonds. The summed E-state index contributed by atoms with van der Waals surface area (Å²) < 4.78 is 0. The van der Waals surface area contributed by atoms with Crippen molar-refractivity contribution in [1.29, 1.82) is 0 Å². The van der Waals surface area contributed by atoms with Crippen molar-refractivity contribution < 1.29 is 4.79 Å². The number of hydrogen-bond donors (Lipinski definition) is 1. The van der Waals surface area contributed by atoms with Crippen molar-refractivity contribution in [1.82, 2.24) is 10.3 Å². The lowest BCUT2D eigenvalue weighted by atomic mass is 9.39. The molecule has 4 rings (SSSR count). The number of hydrogen-bond acceptors (Lipinski definition) is 3. The zero-order chi connectivity index (χ0) is 23.4. The molecule has 3 nitrogen and oxygen atoms in total. The van der Waals surface area contributed by atoms with Gasteiger partial charge in [-0.3, -0.25) is 4.79 Å². The molecule has 1 aromatic rings. The molecule has 1 heterocycles. The van der Waals surface area contributed by atoms with Gasteiger partial charge in [-0.15, -0.1) is 11.3 Å². The van der Waals surface area contributed by atoms with Crippen LogP contribution in [0.2, 0.25) is 0 Å². The molecule has 0 unspecified atom stereocenters. The quantitative estimate of drug-likeness (QED) is 0.199. The summed E-state index contributed by atoms with van der Waals surface area (Å²) in [6, 6.07) is 0. The maximum Gasteiger partial charge on any atom is 0.220 e. The fraction of sp³-hybridized carbons (Fsp3) is 0.586. The first-order valence-corrected chi connectivity index (χ1v) is 13.8. The Bertz CT molecular complexity index is 841. The minimum Gasteiger partial charge on any atom is -0.351 e. The molecule has 0 radical (unpaired) electrons. The second-order valence-electron chi connectivity index (χ2n) is 9.91. The van der Waals surface area contributed by atoms with Crippen molar-refractivity contribution >= 4 is 17.2 Å². The van der Waals surface area contributed by atoms with E-state index in [0.717, 1.165) is 57.1 Å². The number of nitrogens with one attached hydrogen (secondary N) is 1. The molecular formula is C29H42N2OS. The van der Waals surface area contributed by atoms with E-state index in [0.29, 0.717) is 6.42 Å². The van der Waals surface area contributed by atoms with Crippen molar-refractivity contribution in [3.05, 3.63) is 64.7 Å². The molecule has 0 aromatic carbocycles. The Balaban J connectivity index is 1.15. The Labute approximate surface area is 205 Å². The molecule has 3 aliphatic rings. The molecule has 0 atom stereocenters. The average molecular weight is 467 g/mol. The maximum absolute atomic E-state index is 12.3. The lowest BCUT2D eigenvalue weighted by molar-refractivity contribution is -0.138. The van der Waals surface area contributed by atoms with E-state index in [2.05, 4.69) is 78.1 Å². The second kappa shape index (κ2) is 13.1. The summed E-state index contributed by atoms with van der Waals surface area (Å²) in [6.07, 6.45) is 31.9. The third-order valence-corrected chi connectivity index (χ3v) is 7.95. The van der Waals surface area contributed by atoms with Crippen molar-refractivity contribution in [3.63, 3.8) is 0 Å². The second-order valence-corrected chi connectivity index (χ2v) is 10.8. The van der Waals surface area contributed by atoms with E-state index in [9.17, 15) is 4.79 Å². The first-order valence-electron chi connectivity index (χ1n) is 12.9. The van der Waals surface area contributed by atoms with Crippen LogP contribution in [0.25, 0.3) is 0 Å². The van der Waals surface area contributed by atoms with E-state index < -0.39 is 0 Å². The Morgan fingerprint density at radius 3 is 2.06 bits per heavy atom. The first kappa shape index (κ1) is 25.7. The fourth-order valence-electron chi connectivity index (χ4n) is 5.04.